The average molecular weight is 563 g/mol. The first-order valence-electron chi connectivity index (χ1n) is 12.6. The minimum Gasteiger partial charge on any atom is -0.507 e. The zero-order chi connectivity index (χ0) is 28.7. The van der Waals surface area contributed by atoms with Crippen molar-refractivity contribution < 1.29 is 38.5 Å². The minimum absolute atomic E-state index is 0.0203. The van der Waals surface area contributed by atoms with Crippen molar-refractivity contribution in [2.75, 3.05) is 18.6 Å². The molecule has 2 atom stereocenters. The molecule has 0 radical (unpaired) electrons. The fourth-order valence-electron chi connectivity index (χ4n) is 4.86. The lowest BCUT2D eigenvalue weighted by atomic mass is 9.94. The fraction of sp³-hybridized carbons (Fsp3) is 0.276. The van der Waals surface area contributed by atoms with Gasteiger partial charge in [-0.2, -0.15) is 0 Å². The van der Waals surface area contributed by atoms with E-state index in [-0.39, 0.29) is 39.6 Å². The molecule has 206 valence electrons. The number of anilines is 1. The molecular formula is C29H26N2O8S. The molecule has 5 rings (SSSR count). The third-order valence-corrected chi connectivity index (χ3v) is 7.85. The lowest BCUT2D eigenvalue weighted by molar-refractivity contribution is -0.132. The van der Waals surface area contributed by atoms with Gasteiger partial charge in [0.05, 0.1) is 36.6 Å². The van der Waals surface area contributed by atoms with E-state index in [0.717, 1.165) is 16.9 Å². The Morgan fingerprint density at radius 2 is 1.82 bits per heavy atom. The number of methoxy groups -OCH3 is 1. The van der Waals surface area contributed by atoms with Crippen LogP contribution in [0.1, 0.15) is 62.3 Å². The van der Waals surface area contributed by atoms with Crippen LogP contribution in [0.3, 0.4) is 0 Å². The highest BCUT2D eigenvalue weighted by atomic mass is 32.1. The summed E-state index contributed by atoms with van der Waals surface area (Å²) in [6, 6.07) is 10.2. The second kappa shape index (κ2) is 10.6. The van der Waals surface area contributed by atoms with Crippen LogP contribution >= 0.6 is 11.3 Å². The number of fused-ring (bicyclic) bond motifs is 1. The third kappa shape index (κ3) is 4.62. The number of hydrogen-bond acceptors (Lipinski definition) is 10. The van der Waals surface area contributed by atoms with Crippen LogP contribution in [0.5, 0.6) is 5.75 Å². The molecule has 1 aromatic heterocycles. The molecule has 1 saturated heterocycles. The Morgan fingerprint density at radius 3 is 2.50 bits per heavy atom. The summed E-state index contributed by atoms with van der Waals surface area (Å²) >= 11 is 0.919. The van der Waals surface area contributed by atoms with Crippen LogP contribution in [0.15, 0.2) is 48.0 Å². The number of aromatic nitrogens is 1. The Balaban J connectivity index is 1.66. The predicted molar refractivity (Wildman–Crippen MR) is 146 cm³/mol. The molecule has 1 amide bonds. The summed E-state index contributed by atoms with van der Waals surface area (Å²) in [4.78, 5) is 57.3. The van der Waals surface area contributed by atoms with Gasteiger partial charge in [-0.3, -0.25) is 14.5 Å². The van der Waals surface area contributed by atoms with Crippen LogP contribution in [0.25, 0.3) is 5.76 Å². The molecule has 0 aliphatic carbocycles. The highest BCUT2D eigenvalue weighted by molar-refractivity contribution is 7.17. The van der Waals surface area contributed by atoms with Gasteiger partial charge in [0.25, 0.3) is 5.78 Å². The van der Waals surface area contributed by atoms with Gasteiger partial charge in [-0.05, 0) is 62.2 Å². The Kier molecular flexibility index (Phi) is 7.16. The van der Waals surface area contributed by atoms with Crippen molar-refractivity contribution in [3.8, 4) is 5.75 Å². The van der Waals surface area contributed by atoms with Crippen molar-refractivity contribution in [3.63, 3.8) is 0 Å². The molecule has 0 saturated carbocycles. The number of thiazole rings is 1. The van der Waals surface area contributed by atoms with Crippen molar-refractivity contribution >= 4 is 45.9 Å². The predicted octanol–water partition coefficient (Wildman–Crippen LogP) is 4.36. The number of aliphatic hydroxyl groups excluding tert-OH is 1. The summed E-state index contributed by atoms with van der Waals surface area (Å²) < 4.78 is 15.6. The molecule has 3 heterocycles. The first-order chi connectivity index (χ1) is 19.1. The van der Waals surface area contributed by atoms with E-state index in [4.69, 9.17) is 14.2 Å². The smallest absolute Gasteiger partial charge is 0.350 e. The Morgan fingerprint density at radius 1 is 1.12 bits per heavy atom. The van der Waals surface area contributed by atoms with Crippen molar-refractivity contribution in [2.45, 2.75) is 39.3 Å². The highest BCUT2D eigenvalue weighted by Crippen LogP contribution is 2.44. The van der Waals surface area contributed by atoms with E-state index in [2.05, 4.69) is 4.98 Å². The van der Waals surface area contributed by atoms with Gasteiger partial charge < -0.3 is 19.3 Å². The van der Waals surface area contributed by atoms with Gasteiger partial charge in [0.2, 0.25) is 0 Å². The lowest BCUT2D eigenvalue weighted by Gasteiger charge is -2.23. The molecule has 1 fully saturated rings. The zero-order valence-corrected chi connectivity index (χ0v) is 23.0. The number of esters is 2. The summed E-state index contributed by atoms with van der Waals surface area (Å²) in [5.74, 6) is -2.62. The summed E-state index contributed by atoms with van der Waals surface area (Å²) in [5.41, 5.74) is 2.14. The summed E-state index contributed by atoms with van der Waals surface area (Å²) in [5, 5.41) is 11.6. The van der Waals surface area contributed by atoms with Crippen molar-refractivity contribution in [1.29, 1.82) is 0 Å². The van der Waals surface area contributed by atoms with Crippen molar-refractivity contribution in [1.82, 2.24) is 4.98 Å². The first kappa shape index (κ1) is 27.1. The van der Waals surface area contributed by atoms with E-state index in [1.54, 1.807) is 44.2 Å². The maximum atomic E-state index is 13.5. The second-order valence-electron chi connectivity index (χ2n) is 9.37. The van der Waals surface area contributed by atoms with Gasteiger partial charge in [0.15, 0.2) is 5.13 Å². The molecule has 10 nitrogen and oxygen atoms in total. The van der Waals surface area contributed by atoms with E-state index in [0.29, 0.717) is 29.0 Å². The number of rotatable bonds is 6. The Labute approximate surface area is 233 Å². The van der Waals surface area contributed by atoms with E-state index in [1.165, 1.54) is 24.1 Å². The number of carbonyl (C=O) groups is 4. The van der Waals surface area contributed by atoms with Crippen LogP contribution in [-0.4, -0.2) is 53.5 Å². The molecule has 40 heavy (non-hydrogen) atoms. The topological polar surface area (TPSA) is 132 Å². The van der Waals surface area contributed by atoms with Gasteiger partial charge in [-0.1, -0.05) is 23.5 Å². The van der Waals surface area contributed by atoms with Gasteiger partial charge in [-0.15, -0.1) is 0 Å². The van der Waals surface area contributed by atoms with Crippen LogP contribution in [-0.2, 0) is 25.5 Å². The normalized spacial score (nSPS) is 19.4. The van der Waals surface area contributed by atoms with E-state index in [1.807, 2.05) is 6.92 Å². The highest BCUT2D eigenvalue weighted by Gasteiger charge is 2.48. The monoisotopic (exact) mass is 562 g/mol. The molecule has 2 aliphatic heterocycles. The van der Waals surface area contributed by atoms with E-state index in [9.17, 15) is 24.3 Å². The van der Waals surface area contributed by atoms with Gasteiger partial charge >= 0.3 is 17.8 Å². The molecule has 0 spiro atoms. The molecule has 2 aromatic carbocycles. The van der Waals surface area contributed by atoms with Crippen LogP contribution in [0, 0.1) is 6.92 Å². The molecule has 0 bridgehead atoms. The van der Waals surface area contributed by atoms with Crippen LogP contribution in [0.2, 0.25) is 0 Å². The lowest BCUT2D eigenvalue weighted by Crippen LogP contribution is -2.29. The first-order valence-corrected chi connectivity index (χ1v) is 13.4. The quantitative estimate of drug-likeness (QED) is 0.201. The number of amides is 1. The Hall–Kier alpha value is -4.51. The zero-order valence-electron chi connectivity index (χ0n) is 22.2. The molecule has 0 unspecified atom stereocenters. The molecule has 3 aromatic rings. The van der Waals surface area contributed by atoms with Gasteiger partial charge in [0, 0.05) is 12.0 Å². The number of aliphatic hydroxyl groups is 1. The van der Waals surface area contributed by atoms with Gasteiger partial charge in [-0.25, -0.2) is 14.6 Å². The number of hydrogen-bond donors (Lipinski definition) is 1. The minimum atomic E-state index is -1.09. The second-order valence-corrected chi connectivity index (χ2v) is 10.3. The number of Topliss-reactive ketones (excluding diaryl/α,β-unsaturated/α-hetero) is 1. The number of carbonyl (C=O) groups excluding carboxylic acids is 4. The maximum Gasteiger partial charge on any atom is 0.350 e. The van der Waals surface area contributed by atoms with Gasteiger partial charge in [0.1, 0.15) is 22.5 Å². The third-order valence-electron chi connectivity index (χ3n) is 6.71. The summed E-state index contributed by atoms with van der Waals surface area (Å²) in [6.45, 7) is 5.38. The number of ketones is 1. The molecule has 2 aliphatic rings. The fourth-order valence-corrected chi connectivity index (χ4v) is 5.85. The van der Waals surface area contributed by atoms with Crippen LogP contribution in [0.4, 0.5) is 5.13 Å². The average Bonchev–Trinajstić information content (AvgIpc) is 3.59. The van der Waals surface area contributed by atoms with Crippen LogP contribution < -0.4 is 9.64 Å². The number of aryl methyl sites for hydroxylation is 1. The summed E-state index contributed by atoms with van der Waals surface area (Å²) in [7, 11) is 1.26. The largest absolute Gasteiger partial charge is 0.507 e. The van der Waals surface area contributed by atoms with E-state index >= 15 is 0 Å². The van der Waals surface area contributed by atoms with Crippen molar-refractivity contribution in [2.24, 2.45) is 0 Å². The Bertz CT molecular complexity index is 1570. The molecule has 11 heteroatoms. The summed E-state index contributed by atoms with van der Waals surface area (Å²) in [6.07, 6.45) is 0.617. The van der Waals surface area contributed by atoms with E-state index < -0.39 is 29.7 Å². The molecule has 1 N–H and O–H groups in total. The molecular weight excluding hydrogens is 536 g/mol. The van der Waals surface area contributed by atoms with Crippen molar-refractivity contribution in [3.05, 3.63) is 80.9 Å². The number of ether oxygens (including phenoxy) is 3. The number of benzene rings is 2. The SMILES string of the molecule is CCOC(=O)c1sc(N2C(=O)C(=O)/C(=C(/O)c3ccc4c(c3)C[C@H](C)O4)[C@@H]2c2ccc(C(=O)OC)cc2)nc1C. The standard InChI is InChI=1S/C29H26N2O8S/c1-5-38-28(36)25-15(3)30-29(40-25)31-22(16-6-8-17(9-7-16)27(35)37-4)21(24(33)26(31)34)23(32)18-10-11-20-19(13-18)12-14(2)39-20/h6-11,13-14,22,32H,5,12H2,1-4H3/b23-21+/t14-,22-/m0/s1. The maximum absolute atomic E-state index is 13.5. The number of nitrogens with zero attached hydrogens (tertiary/aromatic N) is 2.